The van der Waals surface area contributed by atoms with Crippen LogP contribution in [0.2, 0.25) is 0 Å². The fourth-order valence-electron chi connectivity index (χ4n) is 1.74. The largest absolute Gasteiger partial charge is 0.312 e. The molecule has 1 N–H and O–H groups in total. The van der Waals surface area contributed by atoms with Crippen molar-refractivity contribution in [3.8, 4) is 0 Å². The van der Waals surface area contributed by atoms with Gasteiger partial charge in [0.2, 0.25) is 0 Å². The van der Waals surface area contributed by atoms with Gasteiger partial charge in [-0.3, -0.25) is 4.79 Å². The molecule has 0 amide bonds. The lowest BCUT2D eigenvalue weighted by Gasteiger charge is -2.12. The van der Waals surface area contributed by atoms with Gasteiger partial charge in [0.15, 0.2) is 0 Å². The molecule has 0 aliphatic heterocycles. The van der Waals surface area contributed by atoms with Crippen LogP contribution in [0.1, 0.15) is 51.8 Å². The zero-order valence-corrected chi connectivity index (χ0v) is 12.2. The van der Waals surface area contributed by atoms with Gasteiger partial charge in [-0.1, -0.05) is 27.7 Å². The van der Waals surface area contributed by atoms with Crippen LogP contribution in [0, 0.1) is 5.92 Å². The standard InChI is InChI=1S/C14H25N3O/c1-6-17-14(18)12(9-15-8-10(2)3)7-13(16-17)11(4)5/h7,10-11,15H,6,8-9H2,1-5H3. The van der Waals surface area contributed by atoms with Crippen molar-refractivity contribution in [3.63, 3.8) is 0 Å². The Morgan fingerprint density at radius 2 is 2.00 bits per heavy atom. The Morgan fingerprint density at radius 1 is 1.33 bits per heavy atom. The monoisotopic (exact) mass is 251 g/mol. The number of nitrogens with one attached hydrogen (secondary N) is 1. The third-order valence-corrected chi connectivity index (χ3v) is 2.83. The van der Waals surface area contributed by atoms with Crippen molar-refractivity contribution in [2.45, 2.75) is 53.6 Å². The minimum atomic E-state index is 0.0261. The molecule has 1 heterocycles. The average molecular weight is 251 g/mol. The molecule has 0 fully saturated rings. The Hall–Kier alpha value is -1.16. The van der Waals surface area contributed by atoms with E-state index in [1.165, 1.54) is 0 Å². The van der Waals surface area contributed by atoms with Crippen LogP contribution in [-0.4, -0.2) is 16.3 Å². The SMILES string of the molecule is CCn1nc(C(C)C)cc(CNCC(C)C)c1=O. The van der Waals surface area contributed by atoms with Crippen molar-refractivity contribution >= 4 is 0 Å². The van der Waals surface area contributed by atoms with Crippen LogP contribution in [-0.2, 0) is 13.1 Å². The predicted molar refractivity (Wildman–Crippen MR) is 74.8 cm³/mol. The second kappa shape index (κ2) is 6.69. The lowest BCUT2D eigenvalue weighted by molar-refractivity contribution is 0.535. The number of nitrogens with zero attached hydrogens (tertiary/aromatic N) is 2. The van der Waals surface area contributed by atoms with E-state index in [4.69, 9.17) is 0 Å². The summed E-state index contributed by atoms with van der Waals surface area (Å²) in [5.41, 5.74) is 1.83. The normalized spacial score (nSPS) is 11.5. The van der Waals surface area contributed by atoms with Crippen LogP contribution in [0.15, 0.2) is 10.9 Å². The average Bonchev–Trinajstić information content (AvgIpc) is 2.30. The van der Waals surface area contributed by atoms with Crippen molar-refractivity contribution in [1.82, 2.24) is 15.1 Å². The first kappa shape index (κ1) is 14.9. The Bertz CT molecular complexity index is 435. The Morgan fingerprint density at radius 3 is 2.50 bits per heavy atom. The smallest absolute Gasteiger partial charge is 0.271 e. The summed E-state index contributed by atoms with van der Waals surface area (Å²) in [6, 6.07) is 1.94. The van der Waals surface area contributed by atoms with Crippen LogP contribution in [0.4, 0.5) is 0 Å². The van der Waals surface area contributed by atoms with Gasteiger partial charge >= 0.3 is 0 Å². The van der Waals surface area contributed by atoms with Crippen LogP contribution < -0.4 is 10.9 Å². The summed E-state index contributed by atoms with van der Waals surface area (Å²) in [5.74, 6) is 0.928. The molecule has 0 saturated heterocycles. The summed E-state index contributed by atoms with van der Waals surface area (Å²) in [6.07, 6.45) is 0. The van der Waals surface area contributed by atoms with Gasteiger partial charge in [0.1, 0.15) is 0 Å². The maximum atomic E-state index is 12.1. The molecule has 18 heavy (non-hydrogen) atoms. The first-order chi connectivity index (χ1) is 8.45. The van der Waals surface area contributed by atoms with E-state index in [0.29, 0.717) is 24.9 Å². The van der Waals surface area contributed by atoms with E-state index in [1.807, 2.05) is 13.0 Å². The van der Waals surface area contributed by atoms with Gasteiger partial charge in [0.25, 0.3) is 5.56 Å². The highest BCUT2D eigenvalue weighted by Gasteiger charge is 2.09. The molecule has 0 unspecified atom stereocenters. The topological polar surface area (TPSA) is 46.9 Å². The van der Waals surface area contributed by atoms with E-state index in [-0.39, 0.29) is 5.56 Å². The Balaban J connectivity index is 2.94. The van der Waals surface area contributed by atoms with E-state index < -0.39 is 0 Å². The summed E-state index contributed by atoms with van der Waals surface area (Å²) >= 11 is 0. The van der Waals surface area contributed by atoms with Crippen LogP contribution >= 0.6 is 0 Å². The zero-order valence-electron chi connectivity index (χ0n) is 12.2. The lowest BCUT2D eigenvalue weighted by atomic mass is 10.1. The van der Waals surface area contributed by atoms with E-state index in [2.05, 4.69) is 38.1 Å². The van der Waals surface area contributed by atoms with Crippen molar-refractivity contribution < 1.29 is 0 Å². The summed E-state index contributed by atoms with van der Waals surface area (Å²) in [7, 11) is 0. The maximum Gasteiger partial charge on any atom is 0.271 e. The molecular weight excluding hydrogens is 226 g/mol. The molecular formula is C14H25N3O. The van der Waals surface area contributed by atoms with E-state index in [1.54, 1.807) is 4.68 Å². The molecule has 0 bridgehead atoms. The van der Waals surface area contributed by atoms with Gasteiger partial charge < -0.3 is 5.32 Å². The quantitative estimate of drug-likeness (QED) is 0.842. The van der Waals surface area contributed by atoms with Crippen LogP contribution in [0.3, 0.4) is 0 Å². The number of aryl methyl sites for hydroxylation is 1. The highest BCUT2D eigenvalue weighted by molar-refractivity contribution is 5.16. The minimum Gasteiger partial charge on any atom is -0.312 e. The van der Waals surface area contributed by atoms with Gasteiger partial charge in [-0.15, -0.1) is 0 Å². The fourth-order valence-corrected chi connectivity index (χ4v) is 1.74. The number of hydrogen-bond donors (Lipinski definition) is 1. The molecule has 0 radical (unpaired) electrons. The molecule has 0 aliphatic rings. The first-order valence-electron chi connectivity index (χ1n) is 6.77. The molecule has 0 spiro atoms. The summed E-state index contributed by atoms with van der Waals surface area (Å²) in [6.45, 7) is 12.6. The predicted octanol–water partition coefficient (Wildman–Crippen LogP) is 2.13. The summed E-state index contributed by atoms with van der Waals surface area (Å²) < 4.78 is 1.56. The zero-order chi connectivity index (χ0) is 13.7. The lowest BCUT2D eigenvalue weighted by Crippen LogP contribution is -2.30. The van der Waals surface area contributed by atoms with Crippen molar-refractivity contribution in [2.75, 3.05) is 6.54 Å². The highest BCUT2D eigenvalue weighted by Crippen LogP contribution is 2.10. The molecule has 102 valence electrons. The van der Waals surface area contributed by atoms with Gasteiger partial charge in [-0.05, 0) is 31.4 Å². The Labute approximate surface area is 109 Å². The van der Waals surface area contributed by atoms with Crippen molar-refractivity contribution in [3.05, 3.63) is 27.7 Å². The molecule has 4 heteroatoms. The number of aromatic nitrogens is 2. The molecule has 1 rings (SSSR count). The molecule has 0 atom stereocenters. The van der Waals surface area contributed by atoms with E-state index >= 15 is 0 Å². The van der Waals surface area contributed by atoms with Gasteiger partial charge in [-0.25, -0.2) is 4.68 Å². The molecule has 0 saturated carbocycles. The maximum absolute atomic E-state index is 12.1. The van der Waals surface area contributed by atoms with E-state index in [0.717, 1.165) is 17.8 Å². The van der Waals surface area contributed by atoms with Gasteiger partial charge in [-0.2, -0.15) is 5.10 Å². The fraction of sp³-hybridized carbons (Fsp3) is 0.714. The minimum absolute atomic E-state index is 0.0261. The van der Waals surface area contributed by atoms with Crippen molar-refractivity contribution in [2.24, 2.45) is 5.92 Å². The first-order valence-corrected chi connectivity index (χ1v) is 6.77. The third-order valence-electron chi connectivity index (χ3n) is 2.83. The van der Waals surface area contributed by atoms with E-state index in [9.17, 15) is 4.79 Å². The molecule has 1 aromatic heterocycles. The van der Waals surface area contributed by atoms with Gasteiger partial charge in [0.05, 0.1) is 5.69 Å². The molecule has 0 aromatic carbocycles. The molecule has 4 nitrogen and oxygen atoms in total. The Kier molecular flexibility index (Phi) is 5.54. The third kappa shape index (κ3) is 3.95. The second-order valence-electron chi connectivity index (χ2n) is 5.39. The van der Waals surface area contributed by atoms with Crippen LogP contribution in [0.25, 0.3) is 0 Å². The van der Waals surface area contributed by atoms with Gasteiger partial charge in [0, 0.05) is 18.7 Å². The summed E-state index contributed by atoms with van der Waals surface area (Å²) in [5, 5.41) is 7.69. The number of rotatable bonds is 6. The van der Waals surface area contributed by atoms with Crippen LogP contribution in [0.5, 0.6) is 0 Å². The summed E-state index contributed by atoms with van der Waals surface area (Å²) in [4.78, 5) is 12.1. The molecule has 1 aromatic rings. The highest BCUT2D eigenvalue weighted by atomic mass is 16.1. The molecule has 0 aliphatic carbocycles. The van der Waals surface area contributed by atoms with Crippen molar-refractivity contribution in [1.29, 1.82) is 0 Å². The second-order valence-corrected chi connectivity index (χ2v) is 5.39. The number of hydrogen-bond acceptors (Lipinski definition) is 3.